The standard InChI is InChI=1S/C17H13Cl2N3O3/c1-9(23)25-16-17(24)22(2)12-7-8-13(19)20-15(12)14(21-16)10-5-3-4-6-11(10)18/h3-8,16H,1-2H3. The van der Waals surface area contributed by atoms with Crippen molar-refractivity contribution in [3.8, 4) is 0 Å². The quantitative estimate of drug-likeness (QED) is 0.595. The zero-order valence-corrected chi connectivity index (χ0v) is 14.9. The lowest BCUT2D eigenvalue weighted by Gasteiger charge is -2.19. The second-order valence-electron chi connectivity index (χ2n) is 5.32. The Bertz CT molecular complexity index is 898. The van der Waals surface area contributed by atoms with Crippen LogP contribution in [0.15, 0.2) is 41.4 Å². The summed E-state index contributed by atoms with van der Waals surface area (Å²) < 4.78 is 5.09. The lowest BCUT2D eigenvalue weighted by molar-refractivity contribution is -0.152. The number of benzene rings is 1. The highest BCUT2D eigenvalue weighted by Crippen LogP contribution is 2.30. The maximum absolute atomic E-state index is 12.6. The average Bonchev–Trinajstić information content (AvgIpc) is 2.66. The lowest BCUT2D eigenvalue weighted by atomic mass is 10.1. The molecule has 3 rings (SSSR count). The molecular weight excluding hydrogens is 365 g/mol. The van der Waals surface area contributed by atoms with E-state index >= 15 is 0 Å². The minimum atomic E-state index is -1.33. The van der Waals surface area contributed by atoms with E-state index in [2.05, 4.69) is 9.98 Å². The molecule has 0 N–H and O–H groups in total. The van der Waals surface area contributed by atoms with Gasteiger partial charge in [0.25, 0.3) is 12.1 Å². The van der Waals surface area contributed by atoms with E-state index in [1.807, 2.05) is 0 Å². The number of esters is 1. The molecule has 0 aliphatic carbocycles. The van der Waals surface area contributed by atoms with E-state index < -0.39 is 18.1 Å². The molecule has 1 atom stereocenters. The molecule has 1 amide bonds. The largest absolute Gasteiger partial charge is 0.430 e. The molecule has 0 saturated heterocycles. The van der Waals surface area contributed by atoms with Crippen LogP contribution in [0, 0.1) is 0 Å². The van der Waals surface area contributed by atoms with Crippen molar-refractivity contribution in [2.24, 2.45) is 4.99 Å². The van der Waals surface area contributed by atoms with Gasteiger partial charge in [0.1, 0.15) is 10.8 Å². The first kappa shape index (κ1) is 17.4. The Morgan fingerprint density at radius 1 is 1.20 bits per heavy atom. The summed E-state index contributed by atoms with van der Waals surface area (Å²) in [4.78, 5) is 34.0. The van der Waals surface area contributed by atoms with Crippen LogP contribution in [-0.2, 0) is 14.3 Å². The monoisotopic (exact) mass is 377 g/mol. The van der Waals surface area contributed by atoms with Crippen molar-refractivity contribution in [2.75, 3.05) is 11.9 Å². The van der Waals surface area contributed by atoms with Crippen LogP contribution in [0.25, 0.3) is 0 Å². The predicted molar refractivity (Wildman–Crippen MR) is 95.3 cm³/mol. The van der Waals surface area contributed by atoms with Gasteiger partial charge in [-0.05, 0) is 18.2 Å². The van der Waals surface area contributed by atoms with E-state index in [9.17, 15) is 9.59 Å². The highest BCUT2D eigenvalue weighted by molar-refractivity contribution is 6.36. The fraction of sp³-hybridized carbons (Fsp3) is 0.176. The molecule has 8 heteroatoms. The predicted octanol–water partition coefficient (Wildman–Crippen LogP) is 3.09. The summed E-state index contributed by atoms with van der Waals surface area (Å²) in [6.07, 6.45) is -1.33. The van der Waals surface area contributed by atoms with Gasteiger partial charge in [0.15, 0.2) is 0 Å². The number of ether oxygens (including phenoxy) is 1. The summed E-state index contributed by atoms with van der Waals surface area (Å²) in [6, 6.07) is 10.2. The Morgan fingerprint density at radius 2 is 1.92 bits per heavy atom. The number of rotatable bonds is 2. The van der Waals surface area contributed by atoms with Crippen molar-refractivity contribution in [3.63, 3.8) is 0 Å². The summed E-state index contributed by atoms with van der Waals surface area (Å²) in [5.74, 6) is -1.12. The maximum atomic E-state index is 12.6. The Kier molecular flexibility index (Phi) is 4.74. The highest BCUT2D eigenvalue weighted by atomic mass is 35.5. The Morgan fingerprint density at radius 3 is 2.60 bits per heavy atom. The number of anilines is 1. The van der Waals surface area contributed by atoms with Crippen LogP contribution in [-0.4, -0.2) is 35.8 Å². The van der Waals surface area contributed by atoms with Crippen LogP contribution < -0.4 is 4.90 Å². The van der Waals surface area contributed by atoms with Crippen molar-refractivity contribution < 1.29 is 14.3 Å². The highest BCUT2D eigenvalue weighted by Gasteiger charge is 2.33. The van der Waals surface area contributed by atoms with Gasteiger partial charge < -0.3 is 9.64 Å². The summed E-state index contributed by atoms with van der Waals surface area (Å²) >= 11 is 12.3. The number of likely N-dealkylation sites (N-methyl/N-ethyl adjacent to an activating group) is 1. The van der Waals surface area contributed by atoms with E-state index in [1.165, 1.54) is 11.8 Å². The number of nitrogens with zero attached hydrogens (tertiary/aromatic N) is 3. The number of hydrogen-bond acceptors (Lipinski definition) is 5. The summed E-state index contributed by atoms with van der Waals surface area (Å²) in [5.41, 5.74) is 1.75. The molecule has 1 unspecified atom stereocenters. The molecule has 0 spiro atoms. The number of aromatic nitrogens is 1. The Balaban J connectivity index is 2.28. The van der Waals surface area contributed by atoms with Gasteiger partial charge in [0.05, 0.1) is 16.4 Å². The zero-order chi connectivity index (χ0) is 18.1. The fourth-order valence-electron chi connectivity index (χ4n) is 2.48. The molecule has 0 radical (unpaired) electrons. The van der Waals surface area contributed by atoms with Crippen molar-refractivity contribution in [1.82, 2.24) is 4.98 Å². The number of carbonyl (C=O) groups is 2. The van der Waals surface area contributed by atoms with Crippen molar-refractivity contribution in [1.29, 1.82) is 0 Å². The molecule has 1 aliphatic rings. The maximum Gasteiger partial charge on any atom is 0.305 e. The molecular formula is C17H13Cl2N3O3. The van der Waals surface area contributed by atoms with Crippen LogP contribution in [0.2, 0.25) is 10.2 Å². The van der Waals surface area contributed by atoms with E-state index in [1.54, 1.807) is 43.4 Å². The first-order chi connectivity index (χ1) is 11.9. The molecule has 25 heavy (non-hydrogen) atoms. The first-order valence-electron chi connectivity index (χ1n) is 7.33. The molecule has 6 nitrogen and oxygen atoms in total. The molecule has 0 fully saturated rings. The van der Waals surface area contributed by atoms with Gasteiger partial charge in [-0.3, -0.25) is 9.59 Å². The van der Waals surface area contributed by atoms with Gasteiger partial charge in [0, 0.05) is 19.5 Å². The van der Waals surface area contributed by atoms with Crippen molar-refractivity contribution in [3.05, 3.63) is 57.8 Å². The van der Waals surface area contributed by atoms with E-state index in [0.29, 0.717) is 27.7 Å². The lowest BCUT2D eigenvalue weighted by Crippen LogP contribution is -2.37. The number of halogens is 2. The second-order valence-corrected chi connectivity index (χ2v) is 6.11. The SMILES string of the molecule is CC(=O)OC1N=C(c2ccccc2Cl)c2nc(Cl)ccc2N(C)C1=O. The normalized spacial score (nSPS) is 16.8. The van der Waals surface area contributed by atoms with Crippen LogP contribution in [0.4, 0.5) is 5.69 Å². The van der Waals surface area contributed by atoms with Gasteiger partial charge in [-0.25, -0.2) is 9.98 Å². The molecule has 0 saturated carbocycles. The number of carbonyl (C=O) groups excluding carboxylic acids is 2. The summed E-state index contributed by atoms with van der Waals surface area (Å²) in [6.45, 7) is 1.21. The van der Waals surface area contributed by atoms with E-state index in [4.69, 9.17) is 27.9 Å². The minimum absolute atomic E-state index is 0.241. The second kappa shape index (κ2) is 6.82. The fourth-order valence-corrected chi connectivity index (χ4v) is 2.85. The topological polar surface area (TPSA) is 71.9 Å². The molecule has 2 aromatic rings. The third-order valence-electron chi connectivity index (χ3n) is 3.62. The summed E-state index contributed by atoms with van der Waals surface area (Å²) in [5, 5.41) is 0.665. The van der Waals surface area contributed by atoms with Crippen molar-refractivity contribution >= 4 is 46.5 Å². The van der Waals surface area contributed by atoms with Crippen LogP contribution in [0.3, 0.4) is 0 Å². The molecule has 2 heterocycles. The summed E-state index contributed by atoms with van der Waals surface area (Å²) in [7, 11) is 1.55. The number of aliphatic imine (C=N–C) groups is 1. The van der Waals surface area contributed by atoms with Crippen LogP contribution in [0.5, 0.6) is 0 Å². The Labute approximate surface area is 154 Å². The number of amides is 1. The number of pyridine rings is 1. The van der Waals surface area contributed by atoms with Crippen LogP contribution in [0.1, 0.15) is 18.2 Å². The van der Waals surface area contributed by atoms with Crippen molar-refractivity contribution in [2.45, 2.75) is 13.2 Å². The number of hydrogen-bond donors (Lipinski definition) is 0. The van der Waals surface area contributed by atoms with E-state index in [0.717, 1.165) is 0 Å². The van der Waals surface area contributed by atoms with Gasteiger partial charge in [-0.1, -0.05) is 41.4 Å². The van der Waals surface area contributed by atoms with Gasteiger partial charge in [0.2, 0.25) is 0 Å². The molecule has 1 aliphatic heterocycles. The van der Waals surface area contributed by atoms with Crippen LogP contribution >= 0.6 is 23.2 Å². The molecule has 1 aromatic carbocycles. The molecule has 128 valence electrons. The Hall–Kier alpha value is -2.44. The van der Waals surface area contributed by atoms with E-state index in [-0.39, 0.29) is 5.15 Å². The van der Waals surface area contributed by atoms with Gasteiger partial charge in [-0.15, -0.1) is 0 Å². The number of fused-ring (bicyclic) bond motifs is 1. The molecule has 1 aromatic heterocycles. The smallest absolute Gasteiger partial charge is 0.305 e. The molecule has 0 bridgehead atoms. The third kappa shape index (κ3) is 3.36. The third-order valence-corrected chi connectivity index (χ3v) is 4.16. The minimum Gasteiger partial charge on any atom is -0.430 e. The van der Waals surface area contributed by atoms with Gasteiger partial charge >= 0.3 is 5.97 Å². The van der Waals surface area contributed by atoms with Gasteiger partial charge in [-0.2, -0.15) is 0 Å². The first-order valence-corrected chi connectivity index (χ1v) is 8.08. The zero-order valence-electron chi connectivity index (χ0n) is 13.4. The average molecular weight is 378 g/mol.